The maximum absolute atomic E-state index is 12.4. The molecule has 108 valence electrons. The molecule has 0 saturated heterocycles. The largest absolute Gasteiger partial charge is 0.495 e. The van der Waals surface area contributed by atoms with Crippen LogP contribution in [0.4, 0.5) is 11.4 Å². The van der Waals surface area contributed by atoms with Crippen LogP contribution in [0.5, 0.6) is 5.75 Å². The second kappa shape index (κ2) is 5.63. The number of sulfonamides is 1. The molecule has 0 bridgehead atoms. The molecular formula is C12H13BrN2O3S2. The third-order valence-corrected chi connectivity index (χ3v) is 5.77. The van der Waals surface area contributed by atoms with Gasteiger partial charge in [0.25, 0.3) is 10.0 Å². The van der Waals surface area contributed by atoms with E-state index in [-0.39, 0.29) is 4.90 Å². The maximum Gasteiger partial charge on any atom is 0.263 e. The fourth-order valence-electron chi connectivity index (χ4n) is 1.70. The monoisotopic (exact) mass is 376 g/mol. The molecule has 3 N–H and O–H groups in total. The third kappa shape index (κ3) is 3.08. The van der Waals surface area contributed by atoms with E-state index in [4.69, 9.17) is 10.5 Å². The molecule has 0 atom stereocenters. The minimum absolute atomic E-state index is 0.235. The molecule has 0 unspecified atom stereocenters. The van der Waals surface area contributed by atoms with E-state index in [1.165, 1.54) is 24.5 Å². The molecule has 2 rings (SSSR count). The summed E-state index contributed by atoms with van der Waals surface area (Å²) in [5.41, 5.74) is 6.44. The molecule has 0 aliphatic rings. The van der Waals surface area contributed by atoms with E-state index in [2.05, 4.69) is 20.7 Å². The molecule has 0 saturated carbocycles. The molecule has 0 spiro atoms. The highest BCUT2D eigenvalue weighted by Gasteiger charge is 2.21. The second-order valence-corrected chi connectivity index (χ2v) is 8.32. The van der Waals surface area contributed by atoms with Gasteiger partial charge in [-0.25, -0.2) is 8.42 Å². The van der Waals surface area contributed by atoms with Gasteiger partial charge in [-0.2, -0.15) is 0 Å². The number of hydrogen-bond acceptors (Lipinski definition) is 5. The van der Waals surface area contributed by atoms with Gasteiger partial charge in [0.2, 0.25) is 0 Å². The predicted octanol–water partition coefficient (Wildman–Crippen LogP) is 3.21. The third-order valence-electron chi connectivity index (χ3n) is 2.60. The van der Waals surface area contributed by atoms with Gasteiger partial charge in [-0.05, 0) is 47.1 Å². The van der Waals surface area contributed by atoms with Gasteiger partial charge in [0, 0.05) is 10.6 Å². The Morgan fingerprint density at radius 2 is 2.05 bits per heavy atom. The number of nitrogens with two attached hydrogens (primary N) is 1. The van der Waals surface area contributed by atoms with Crippen molar-refractivity contribution < 1.29 is 13.2 Å². The summed E-state index contributed by atoms with van der Waals surface area (Å²) in [6.07, 6.45) is 0. The predicted molar refractivity (Wildman–Crippen MR) is 85.0 cm³/mol. The Labute approximate surface area is 129 Å². The molecule has 0 radical (unpaired) electrons. The van der Waals surface area contributed by atoms with Crippen LogP contribution in [-0.2, 0) is 10.0 Å². The molecule has 1 aromatic heterocycles. The van der Waals surface area contributed by atoms with Crippen LogP contribution in [0.1, 0.15) is 4.88 Å². The van der Waals surface area contributed by atoms with E-state index in [0.717, 1.165) is 3.79 Å². The Balaban J connectivity index is 2.43. The number of nitrogens with one attached hydrogen (secondary N) is 1. The first-order valence-corrected chi connectivity index (χ1v) is 8.65. The van der Waals surface area contributed by atoms with Crippen LogP contribution in [0.25, 0.3) is 0 Å². The summed E-state index contributed by atoms with van der Waals surface area (Å²) in [5, 5.41) is 0. The molecule has 5 nitrogen and oxygen atoms in total. The Kier molecular flexibility index (Phi) is 4.26. The fraction of sp³-hybridized carbons (Fsp3) is 0.167. The number of rotatable bonds is 4. The van der Waals surface area contributed by atoms with Crippen molar-refractivity contribution in [1.82, 2.24) is 0 Å². The van der Waals surface area contributed by atoms with E-state index >= 15 is 0 Å². The Morgan fingerprint density at radius 3 is 2.60 bits per heavy atom. The first-order chi connectivity index (χ1) is 9.33. The topological polar surface area (TPSA) is 81.4 Å². The summed E-state index contributed by atoms with van der Waals surface area (Å²) in [6.45, 7) is 1.75. The molecule has 1 heterocycles. The van der Waals surface area contributed by atoms with Crippen molar-refractivity contribution in [3.8, 4) is 5.75 Å². The number of thiophene rings is 1. The van der Waals surface area contributed by atoms with Crippen molar-refractivity contribution >= 4 is 48.7 Å². The number of ether oxygens (including phenoxy) is 1. The van der Waals surface area contributed by atoms with Gasteiger partial charge in [0.15, 0.2) is 0 Å². The number of hydrogen-bond donors (Lipinski definition) is 2. The first kappa shape index (κ1) is 15.1. The summed E-state index contributed by atoms with van der Waals surface area (Å²) in [7, 11) is -2.21. The normalized spacial score (nSPS) is 11.3. The zero-order chi connectivity index (χ0) is 14.9. The van der Waals surface area contributed by atoms with Crippen molar-refractivity contribution in [1.29, 1.82) is 0 Å². The number of aryl methyl sites for hydroxylation is 1. The van der Waals surface area contributed by atoms with Crippen LogP contribution in [0.2, 0.25) is 0 Å². The lowest BCUT2D eigenvalue weighted by Gasteiger charge is -2.12. The van der Waals surface area contributed by atoms with Gasteiger partial charge in [-0.3, -0.25) is 4.72 Å². The summed E-state index contributed by atoms with van der Waals surface area (Å²) >= 11 is 4.64. The number of halogens is 1. The minimum atomic E-state index is -3.68. The molecule has 8 heteroatoms. The van der Waals surface area contributed by atoms with E-state index in [1.54, 1.807) is 25.1 Å². The van der Waals surface area contributed by atoms with E-state index < -0.39 is 10.0 Å². The smallest absolute Gasteiger partial charge is 0.263 e. The summed E-state index contributed by atoms with van der Waals surface area (Å²) in [4.78, 5) is 0.936. The van der Waals surface area contributed by atoms with E-state index in [9.17, 15) is 8.42 Å². The van der Waals surface area contributed by atoms with Gasteiger partial charge in [0.05, 0.1) is 16.6 Å². The number of nitrogen functional groups attached to an aromatic ring is 1. The van der Waals surface area contributed by atoms with Crippen molar-refractivity contribution in [2.75, 3.05) is 17.6 Å². The minimum Gasteiger partial charge on any atom is -0.495 e. The highest BCUT2D eigenvalue weighted by atomic mass is 79.9. The average Bonchev–Trinajstić information content (AvgIpc) is 2.69. The molecule has 0 amide bonds. The second-order valence-electron chi connectivity index (χ2n) is 4.04. The van der Waals surface area contributed by atoms with Gasteiger partial charge < -0.3 is 10.5 Å². The highest BCUT2D eigenvalue weighted by Crippen LogP contribution is 2.33. The molecule has 0 fully saturated rings. The van der Waals surface area contributed by atoms with Gasteiger partial charge in [-0.1, -0.05) is 0 Å². The zero-order valence-corrected chi connectivity index (χ0v) is 14.0. The fourth-order valence-corrected chi connectivity index (χ4v) is 5.18. The number of anilines is 2. The van der Waals surface area contributed by atoms with Crippen molar-refractivity contribution in [3.63, 3.8) is 0 Å². The SMILES string of the molecule is COc1ccc(N)cc1NS(=O)(=O)c1cc(Br)sc1C. The Hall–Kier alpha value is -1.25. The highest BCUT2D eigenvalue weighted by molar-refractivity contribution is 9.11. The first-order valence-electron chi connectivity index (χ1n) is 5.56. The summed E-state index contributed by atoms with van der Waals surface area (Å²) in [5.74, 6) is 0.412. The number of benzene rings is 1. The van der Waals surface area contributed by atoms with Crippen LogP contribution in [0.3, 0.4) is 0 Å². The van der Waals surface area contributed by atoms with Crippen LogP contribution < -0.4 is 15.2 Å². The van der Waals surface area contributed by atoms with Crippen LogP contribution >= 0.6 is 27.3 Å². The summed E-state index contributed by atoms with van der Waals surface area (Å²) < 4.78 is 33.2. The lowest BCUT2D eigenvalue weighted by atomic mass is 10.2. The quantitative estimate of drug-likeness (QED) is 0.802. The maximum atomic E-state index is 12.4. The molecule has 2 aromatic rings. The van der Waals surface area contributed by atoms with Crippen LogP contribution in [-0.4, -0.2) is 15.5 Å². The average molecular weight is 377 g/mol. The Bertz CT molecular complexity index is 741. The van der Waals surface area contributed by atoms with Crippen molar-refractivity contribution in [2.24, 2.45) is 0 Å². The molecule has 0 aliphatic carbocycles. The molecule has 0 aliphatic heterocycles. The standard InChI is InChI=1S/C12H13BrN2O3S2/c1-7-11(6-12(13)19-7)20(16,17)15-9-5-8(14)3-4-10(9)18-2/h3-6,15H,14H2,1-2H3. The molecule has 1 aromatic carbocycles. The van der Waals surface area contributed by atoms with Crippen LogP contribution in [0.15, 0.2) is 32.9 Å². The van der Waals surface area contributed by atoms with Gasteiger partial charge in [-0.15, -0.1) is 11.3 Å². The van der Waals surface area contributed by atoms with E-state index in [0.29, 0.717) is 22.0 Å². The zero-order valence-electron chi connectivity index (χ0n) is 10.8. The van der Waals surface area contributed by atoms with Gasteiger partial charge in [0.1, 0.15) is 10.6 Å². The van der Waals surface area contributed by atoms with Crippen molar-refractivity contribution in [2.45, 2.75) is 11.8 Å². The van der Waals surface area contributed by atoms with Crippen LogP contribution in [0, 0.1) is 6.92 Å². The van der Waals surface area contributed by atoms with E-state index in [1.807, 2.05) is 0 Å². The lowest BCUT2D eigenvalue weighted by molar-refractivity contribution is 0.417. The number of methoxy groups -OCH3 is 1. The summed E-state index contributed by atoms with van der Waals surface area (Å²) in [6, 6.07) is 6.35. The Morgan fingerprint density at radius 1 is 1.35 bits per heavy atom. The van der Waals surface area contributed by atoms with Crippen molar-refractivity contribution in [3.05, 3.63) is 32.9 Å². The van der Waals surface area contributed by atoms with Gasteiger partial charge >= 0.3 is 0 Å². The lowest BCUT2D eigenvalue weighted by Crippen LogP contribution is -2.14. The molecular weight excluding hydrogens is 364 g/mol. The molecule has 20 heavy (non-hydrogen) atoms.